The maximum absolute atomic E-state index is 2.80. The smallest absolute Gasteiger partial charge is 0.0446 e. The zero-order valence-corrected chi connectivity index (χ0v) is 28.3. The molecule has 3 aromatic carbocycles. The van der Waals surface area contributed by atoms with Crippen LogP contribution in [-0.2, 0) is 0 Å². The van der Waals surface area contributed by atoms with Crippen LogP contribution in [0.4, 0.5) is 0 Å². The molecule has 1 nitrogen and oxygen atoms in total. The summed E-state index contributed by atoms with van der Waals surface area (Å²) in [5, 5.41) is 2.65. The number of hydrogen-bond acceptors (Lipinski definition) is 1. The van der Waals surface area contributed by atoms with Crippen LogP contribution in [-0.4, -0.2) is 10.9 Å². The first-order valence-corrected chi connectivity index (χ1v) is 18.9. The molecule has 0 N–H and O–H groups in total. The van der Waals surface area contributed by atoms with E-state index in [1.165, 1.54) is 82.1 Å². The van der Waals surface area contributed by atoms with Crippen molar-refractivity contribution < 1.29 is 0 Å². The van der Waals surface area contributed by atoms with E-state index in [4.69, 9.17) is 0 Å². The van der Waals surface area contributed by atoms with E-state index in [0.29, 0.717) is 35.6 Å². The van der Waals surface area contributed by atoms with E-state index >= 15 is 0 Å². The lowest BCUT2D eigenvalue weighted by Gasteiger charge is -2.39. The van der Waals surface area contributed by atoms with Gasteiger partial charge in [-0.2, -0.15) is 0 Å². The highest BCUT2D eigenvalue weighted by molar-refractivity contribution is 5.87. The van der Waals surface area contributed by atoms with Gasteiger partial charge in [-0.25, -0.2) is 0 Å². The number of allylic oxidation sites excluding steroid dienone is 14. The zero-order valence-electron chi connectivity index (χ0n) is 28.3. The number of rotatable bonds is 4. The van der Waals surface area contributed by atoms with Crippen molar-refractivity contribution in [1.82, 2.24) is 4.90 Å². The third-order valence-corrected chi connectivity index (χ3v) is 12.6. The lowest BCUT2D eigenvalue weighted by molar-refractivity contribution is 0.287. The van der Waals surface area contributed by atoms with Gasteiger partial charge in [0.25, 0.3) is 0 Å². The molecule has 0 fully saturated rings. The van der Waals surface area contributed by atoms with Crippen LogP contribution < -0.4 is 0 Å². The maximum Gasteiger partial charge on any atom is 0.0446 e. The van der Waals surface area contributed by atoms with Gasteiger partial charge in [-0.05, 0) is 120 Å². The largest absolute Gasteiger partial charge is 0.338 e. The van der Waals surface area contributed by atoms with Crippen molar-refractivity contribution in [2.75, 3.05) is 0 Å². The van der Waals surface area contributed by atoms with Crippen LogP contribution in [0.25, 0.3) is 21.9 Å². The van der Waals surface area contributed by atoms with Crippen LogP contribution in [0.2, 0.25) is 0 Å². The third-order valence-electron chi connectivity index (χ3n) is 12.6. The summed E-state index contributed by atoms with van der Waals surface area (Å²) in [7, 11) is 0. The molecule has 0 spiro atoms. The summed E-state index contributed by atoms with van der Waals surface area (Å²) in [6.45, 7) is 0. The summed E-state index contributed by atoms with van der Waals surface area (Å²) in [6, 6.07) is 25.7. The van der Waals surface area contributed by atoms with Crippen LogP contribution in [0, 0.1) is 23.7 Å². The standard InChI is InChI=1S/C48H45N/c1-3-12-32(13-4-1)38-24-26-45-44(30-38)48-46(49(45)40-19-11-18-36(29-40)37-23-22-33-14-7-8-17-35(33)28-37)27-25-39-31-43(34-15-5-2-6-16-34)41-20-9-10-21-42(41)47(39)48/h1-3,5-10,14-15,17,19-23,25,27-32,34,39,44-45,47H,4,11-13,16,18,24,26H2/t32?,34-,39?,44?,45?,47?/m0/s1. The van der Waals surface area contributed by atoms with Crippen molar-refractivity contribution in [3.05, 3.63) is 179 Å². The van der Waals surface area contributed by atoms with Crippen molar-refractivity contribution in [2.24, 2.45) is 23.7 Å². The molecule has 1 aliphatic heterocycles. The summed E-state index contributed by atoms with van der Waals surface area (Å²) >= 11 is 0. The molecule has 6 aliphatic carbocycles. The van der Waals surface area contributed by atoms with Gasteiger partial charge < -0.3 is 4.90 Å². The average Bonchev–Trinajstić information content (AvgIpc) is 3.52. The highest BCUT2D eigenvalue weighted by atomic mass is 15.2. The van der Waals surface area contributed by atoms with Gasteiger partial charge in [0, 0.05) is 41.1 Å². The first-order chi connectivity index (χ1) is 24.3. The molecule has 0 radical (unpaired) electrons. The summed E-state index contributed by atoms with van der Waals surface area (Å²) in [5.74, 6) is 2.39. The predicted molar refractivity (Wildman–Crippen MR) is 205 cm³/mol. The lowest BCUT2D eigenvalue weighted by atomic mass is 9.64. The van der Waals surface area contributed by atoms with Gasteiger partial charge >= 0.3 is 0 Å². The van der Waals surface area contributed by atoms with E-state index in [1.807, 2.05) is 0 Å². The molecular weight excluding hydrogens is 591 g/mol. The normalized spacial score (nSPS) is 29.8. The molecule has 49 heavy (non-hydrogen) atoms. The Hall–Kier alpha value is -4.62. The third kappa shape index (κ3) is 4.96. The van der Waals surface area contributed by atoms with Crippen molar-refractivity contribution in [3.8, 4) is 0 Å². The number of benzene rings is 3. The number of hydrogen-bond donors (Lipinski definition) is 0. The van der Waals surface area contributed by atoms with Gasteiger partial charge in [-0.3, -0.25) is 0 Å². The van der Waals surface area contributed by atoms with Crippen LogP contribution in [0.3, 0.4) is 0 Å². The molecule has 7 aliphatic rings. The Kier molecular flexibility index (Phi) is 7.21. The molecule has 1 heterocycles. The molecule has 5 unspecified atom stereocenters. The van der Waals surface area contributed by atoms with E-state index in [1.54, 1.807) is 11.1 Å². The molecule has 1 heteroatoms. The molecule has 0 bridgehead atoms. The van der Waals surface area contributed by atoms with Crippen LogP contribution in [0.15, 0.2) is 162 Å². The highest BCUT2D eigenvalue weighted by Gasteiger charge is 2.49. The van der Waals surface area contributed by atoms with Gasteiger partial charge in [0.05, 0.1) is 0 Å². The summed E-state index contributed by atoms with van der Waals surface area (Å²) in [6.07, 6.45) is 39.1. The van der Waals surface area contributed by atoms with Crippen LogP contribution in [0.1, 0.15) is 74.0 Å². The van der Waals surface area contributed by atoms with Crippen molar-refractivity contribution in [1.29, 1.82) is 0 Å². The summed E-state index contributed by atoms with van der Waals surface area (Å²) in [4.78, 5) is 2.80. The lowest BCUT2D eigenvalue weighted by Crippen LogP contribution is -2.35. The molecule has 0 saturated heterocycles. The molecule has 0 saturated carbocycles. The summed E-state index contributed by atoms with van der Waals surface area (Å²) in [5.41, 5.74) is 13.7. The Morgan fingerprint density at radius 3 is 2.55 bits per heavy atom. The monoisotopic (exact) mass is 635 g/mol. The molecule has 242 valence electrons. The van der Waals surface area contributed by atoms with E-state index < -0.39 is 0 Å². The maximum atomic E-state index is 2.80. The average molecular weight is 636 g/mol. The quantitative estimate of drug-likeness (QED) is 0.258. The fourth-order valence-corrected chi connectivity index (χ4v) is 10.3. The van der Waals surface area contributed by atoms with Crippen LogP contribution >= 0.6 is 0 Å². The molecular formula is C48H45N. The van der Waals surface area contributed by atoms with Crippen molar-refractivity contribution in [3.63, 3.8) is 0 Å². The Labute approximate surface area is 291 Å². The Balaban J connectivity index is 1.09. The van der Waals surface area contributed by atoms with Gasteiger partial charge in [0.1, 0.15) is 0 Å². The van der Waals surface area contributed by atoms with Gasteiger partial charge in [-0.15, -0.1) is 0 Å². The van der Waals surface area contributed by atoms with Crippen LogP contribution in [0.5, 0.6) is 0 Å². The first-order valence-electron chi connectivity index (χ1n) is 18.9. The van der Waals surface area contributed by atoms with E-state index in [9.17, 15) is 0 Å². The molecule has 0 amide bonds. The topological polar surface area (TPSA) is 3.24 Å². The van der Waals surface area contributed by atoms with Gasteiger partial charge in [0.15, 0.2) is 0 Å². The molecule has 10 rings (SSSR count). The Morgan fingerprint density at radius 1 is 0.735 bits per heavy atom. The second-order valence-electron chi connectivity index (χ2n) is 15.2. The molecule has 3 aromatic rings. The first kappa shape index (κ1) is 29.3. The predicted octanol–water partition coefficient (Wildman–Crippen LogP) is 12.0. The SMILES string of the molecule is C1=CC[C@@H](C2=CC3C=CC4=C(C5C=C(C6CC=CCC6)CCC5N4C4=CCCC(c5ccc6ccccc6c5)=C4)C3c3ccccc32)C=C1. The van der Waals surface area contributed by atoms with E-state index in [-0.39, 0.29) is 0 Å². The summed E-state index contributed by atoms with van der Waals surface area (Å²) < 4.78 is 0. The fourth-order valence-electron chi connectivity index (χ4n) is 10.3. The molecule has 6 atom stereocenters. The number of fused-ring (bicyclic) bond motifs is 7. The fraction of sp³-hybridized carbons (Fsp3) is 0.292. The Morgan fingerprint density at radius 2 is 1.65 bits per heavy atom. The van der Waals surface area contributed by atoms with Gasteiger partial charge in [0.2, 0.25) is 0 Å². The van der Waals surface area contributed by atoms with E-state index in [0.717, 1.165) is 19.3 Å². The highest BCUT2D eigenvalue weighted by Crippen LogP contribution is 2.57. The zero-order chi connectivity index (χ0) is 32.3. The second-order valence-corrected chi connectivity index (χ2v) is 15.2. The second kappa shape index (κ2) is 12.1. The van der Waals surface area contributed by atoms with Crippen molar-refractivity contribution in [2.45, 2.75) is 63.3 Å². The van der Waals surface area contributed by atoms with Crippen molar-refractivity contribution >= 4 is 21.9 Å². The van der Waals surface area contributed by atoms with E-state index in [2.05, 4.69) is 145 Å². The minimum absolute atomic E-state index is 0.385. The number of nitrogens with zero attached hydrogens (tertiary/aromatic N) is 1. The minimum atomic E-state index is 0.385. The molecule has 0 aromatic heterocycles. The Bertz CT molecular complexity index is 2120. The van der Waals surface area contributed by atoms with Gasteiger partial charge in [-0.1, -0.05) is 127 Å². The minimum Gasteiger partial charge on any atom is -0.338 e.